The molecule has 110 valence electrons. The van der Waals surface area contributed by atoms with Crippen molar-refractivity contribution in [3.8, 4) is 0 Å². The van der Waals surface area contributed by atoms with Crippen molar-refractivity contribution in [1.29, 1.82) is 0 Å². The summed E-state index contributed by atoms with van der Waals surface area (Å²) in [5.74, 6) is 0.420. The second-order valence-electron chi connectivity index (χ2n) is 4.74. The van der Waals surface area contributed by atoms with E-state index in [-0.39, 0.29) is 23.8 Å². The number of aromatic amines is 1. The number of nitrogens with one attached hydrogen (secondary N) is 2. The maximum Gasteiger partial charge on any atom is 0.271 e. The van der Waals surface area contributed by atoms with Gasteiger partial charge in [0.05, 0.1) is 11.1 Å². The van der Waals surface area contributed by atoms with Crippen LogP contribution in [-0.2, 0) is 4.74 Å². The van der Waals surface area contributed by atoms with Crippen LogP contribution in [0.15, 0.2) is 24.7 Å². The lowest BCUT2D eigenvalue weighted by Crippen LogP contribution is -2.32. The summed E-state index contributed by atoms with van der Waals surface area (Å²) in [5, 5.41) is 9.73. The number of H-pyrrole nitrogens is 1. The van der Waals surface area contributed by atoms with Gasteiger partial charge in [0.1, 0.15) is 18.1 Å². The van der Waals surface area contributed by atoms with Crippen molar-refractivity contribution < 1.29 is 9.53 Å². The molecular weight excluding hydrogens is 294 g/mol. The number of carbonyl (C=O) groups is 1. The first-order valence-electron chi connectivity index (χ1n) is 6.63. The molecule has 2 aromatic rings. The summed E-state index contributed by atoms with van der Waals surface area (Å²) in [7, 11) is 0. The molecule has 0 spiro atoms. The van der Waals surface area contributed by atoms with E-state index in [1.807, 2.05) is 0 Å². The molecule has 0 unspecified atom stereocenters. The molecule has 1 aliphatic rings. The Morgan fingerprint density at radius 2 is 2.38 bits per heavy atom. The lowest BCUT2D eigenvalue weighted by Gasteiger charge is -2.13. The molecule has 7 nitrogen and oxygen atoms in total. The summed E-state index contributed by atoms with van der Waals surface area (Å²) in [4.78, 5) is 20.0. The molecule has 3 rings (SSSR count). The van der Waals surface area contributed by atoms with Gasteiger partial charge < -0.3 is 10.1 Å². The maximum absolute atomic E-state index is 12.0. The number of nitrogens with zero attached hydrogens (tertiary/aromatic N) is 3. The first-order chi connectivity index (χ1) is 10.2. The normalized spacial score (nSPS) is 21.4. The zero-order chi connectivity index (χ0) is 14.7. The van der Waals surface area contributed by atoms with E-state index < -0.39 is 0 Å². The van der Waals surface area contributed by atoms with Crippen LogP contribution in [0.5, 0.6) is 0 Å². The van der Waals surface area contributed by atoms with Gasteiger partial charge in [0.15, 0.2) is 5.82 Å². The Hall–Kier alpha value is -1.99. The first-order valence-corrected chi connectivity index (χ1v) is 7.01. The third kappa shape index (κ3) is 3.20. The van der Waals surface area contributed by atoms with Crippen LogP contribution in [0.4, 0.5) is 0 Å². The zero-order valence-electron chi connectivity index (χ0n) is 11.1. The molecule has 2 N–H and O–H groups in total. The maximum atomic E-state index is 12.0. The van der Waals surface area contributed by atoms with E-state index in [9.17, 15) is 4.79 Å². The molecule has 0 bridgehead atoms. The highest BCUT2D eigenvalue weighted by molar-refractivity contribution is 6.33. The van der Waals surface area contributed by atoms with Crippen LogP contribution < -0.4 is 5.32 Å². The zero-order valence-corrected chi connectivity index (χ0v) is 11.9. The average molecular weight is 308 g/mol. The number of amides is 1. The highest BCUT2D eigenvalue weighted by Crippen LogP contribution is 2.30. The van der Waals surface area contributed by atoms with E-state index in [2.05, 4.69) is 25.5 Å². The molecule has 0 aliphatic carbocycles. The number of halogens is 1. The van der Waals surface area contributed by atoms with Gasteiger partial charge in [-0.1, -0.05) is 11.6 Å². The fourth-order valence-electron chi connectivity index (χ4n) is 2.27. The minimum atomic E-state index is -0.299. The standard InChI is InChI=1S/C13H14ClN5O2/c14-9-2-1-5-15-11(9)13(20)16-6-8-3-4-10(21-8)12-17-7-18-19-12/h1-2,5,7-8,10H,3-4,6H2,(H,16,20)(H,17,18,19)/t8-,10+/m1/s1. The van der Waals surface area contributed by atoms with Crippen molar-refractivity contribution in [3.05, 3.63) is 41.2 Å². The Balaban J connectivity index is 1.52. The van der Waals surface area contributed by atoms with Crippen LogP contribution in [0.1, 0.15) is 35.3 Å². The van der Waals surface area contributed by atoms with Crippen LogP contribution in [0.3, 0.4) is 0 Å². The van der Waals surface area contributed by atoms with Crippen molar-refractivity contribution in [2.24, 2.45) is 0 Å². The fourth-order valence-corrected chi connectivity index (χ4v) is 2.48. The summed E-state index contributed by atoms with van der Waals surface area (Å²) in [6.45, 7) is 0.413. The van der Waals surface area contributed by atoms with Gasteiger partial charge in [-0.15, -0.1) is 0 Å². The Morgan fingerprint density at radius 3 is 3.14 bits per heavy atom. The van der Waals surface area contributed by atoms with Gasteiger partial charge in [0, 0.05) is 12.7 Å². The van der Waals surface area contributed by atoms with E-state index in [0.717, 1.165) is 18.7 Å². The minimum Gasteiger partial charge on any atom is -0.365 e. The Bertz CT molecular complexity index is 619. The Labute approximate surface area is 126 Å². The van der Waals surface area contributed by atoms with E-state index in [1.165, 1.54) is 12.5 Å². The molecule has 1 amide bonds. The largest absolute Gasteiger partial charge is 0.365 e. The summed E-state index contributed by atoms with van der Waals surface area (Å²) in [6, 6.07) is 3.32. The van der Waals surface area contributed by atoms with Gasteiger partial charge in [-0.05, 0) is 25.0 Å². The van der Waals surface area contributed by atoms with Crippen molar-refractivity contribution in [3.63, 3.8) is 0 Å². The van der Waals surface area contributed by atoms with Gasteiger partial charge >= 0.3 is 0 Å². The molecule has 1 fully saturated rings. The number of rotatable bonds is 4. The van der Waals surface area contributed by atoms with Gasteiger partial charge in [-0.3, -0.25) is 9.89 Å². The summed E-state index contributed by atoms with van der Waals surface area (Å²) in [6.07, 6.45) is 4.55. The van der Waals surface area contributed by atoms with Crippen LogP contribution in [0.2, 0.25) is 5.02 Å². The number of hydrogen-bond donors (Lipinski definition) is 2. The number of hydrogen-bond acceptors (Lipinski definition) is 5. The molecule has 0 saturated carbocycles. The van der Waals surface area contributed by atoms with Gasteiger partial charge in [-0.25, -0.2) is 9.97 Å². The molecule has 8 heteroatoms. The molecule has 0 radical (unpaired) electrons. The summed E-state index contributed by atoms with van der Waals surface area (Å²) >= 11 is 5.93. The molecule has 21 heavy (non-hydrogen) atoms. The van der Waals surface area contributed by atoms with Crippen LogP contribution >= 0.6 is 11.6 Å². The average Bonchev–Trinajstić information content (AvgIpc) is 3.16. The van der Waals surface area contributed by atoms with Crippen LogP contribution in [-0.4, -0.2) is 38.7 Å². The van der Waals surface area contributed by atoms with Crippen molar-refractivity contribution in [2.45, 2.75) is 25.0 Å². The topological polar surface area (TPSA) is 92.8 Å². The molecule has 3 heterocycles. The predicted octanol–water partition coefficient (Wildman–Crippen LogP) is 1.50. The van der Waals surface area contributed by atoms with E-state index in [4.69, 9.17) is 16.3 Å². The quantitative estimate of drug-likeness (QED) is 0.893. The number of aromatic nitrogens is 4. The fraction of sp³-hybridized carbons (Fsp3) is 0.385. The minimum absolute atomic E-state index is 0.0495. The second kappa shape index (κ2) is 6.19. The van der Waals surface area contributed by atoms with Gasteiger partial charge in [0.2, 0.25) is 0 Å². The lowest BCUT2D eigenvalue weighted by atomic mass is 10.2. The molecule has 1 saturated heterocycles. The van der Waals surface area contributed by atoms with Gasteiger partial charge in [0.25, 0.3) is 5.91 Å². The molecule has 2 aromatic heterocycles. The Kier molecular flexibility index (Phi) is 4.12. The van der Waals surface area contributed by atoms with E-state index in [0.29, 0.717) is 11.6 Å². The smallest absolute Gasteiger partial charge is 0.271 e. The van der Waals surface area contributed by atoms with E-state index in [1.54, 1.807) is 12.1 Å². The first kappa shape index (κ1) is 14.0. The Morgan fingerprint density at radius 1 is 1.48 bits per heavy atom. The molecular formula is C13H14ClN5O2. The van der Waals surface area contributed by atoms with Crippen LogP contribution in [0, 0.1) is 0 Å². The SMILES string of the molecule is O=C(NC[C@H]1CC[C@@H](c2ncn[nH]2)O1)c1ncccc1Cl. The van der Waals surface area contributed by atoms with Crippen molar-refractivity contribution >= 4 is 17.5 Å². The molecule has 0 aromatic carbocycles. The molecule has 1 aliphatic heterocycles. The lowest BCUT2D eigenvalue weighted by molar-refractivity contribution is 0.0392. The number of ether oxygens (including phenoxy) is 1. The van der Waals surface area contributed by atoms with Gasteiger partial charge in [-0.2, -0.15) is 5.10 Å². The third-order valence-electron chi connectivity index (χ3n) is 3.31. The second-order valence-corrected chi connectivity index (χ2v) is 5.15. The monoisotopic (exact) mass is 307 g/mol. The van der Waals surface area contributed by atoms with Crippen molar-refractivity contribution in [2.75, 3.05) is 6.54 Å². The highest BCUT2D eigenvalue weighted by Gasteiger charge is 2.28. The number of carbonyl (C=O) groups excluding carboxylic acids is 1. The highest BCUT2D eigenvalue weighted by atomic mass is 35.5. The summed E-state index contributed by atoms with van der Waals surface area (Å²) in [5.41, 5.74) is 0.226. The third-order valence-corrected chi connectivity index (χ3v) is 3.62. The molecule has 2 atom stereocenters. The van der Waals surface area contributed by atoms with E-state index >= 15 is 0 Å². The number of pyridine rings is 1. The van der Waals surface area contributed by atoms with Crippen LogP contribution in [0.25, 0.3) is 0 Å². The predicted molar refractivity (Wildman–Crippen MR) is 74.8 cm³/mol. The summed E-state index contributed by atoms with van der Waals surface area (Å²) < 4.78 is 5.82. The van der Waals surface area contributed by atoms with Crippen molar-refractivity contribution in [1.82, 2.24) is 25.5 Å².